The number of carbonyl (C=O) groups is 1. The molecule has 1 saturated heterocycles. The highest BCUT2D eigenvalue weighted by Crippen LogP contribution is 2.36. The average Bonchev–Trinajstić information content (AvgIpc) is 3.28. The Morgan fingerprint density at radius 2 is 1.73 bits per heavy atom. The highest BCUT2D eigenvalue weighted by molar-refractivity contribution is 7.89. The summed E-state index contributed by atoms with van der Waals surface area (Å²) in [5.41, 5.74) is 3.16. The predicted molar refractivity (Wildman–Crippen MR) is 142 cm³/mol. The second kappa shape index (κ2) is 10.1. The summed E-state index contributed by atoms with van der Waals surface area (Å²) < 4.78 is 39.9. The molecule has 0 bridgehead atoms. The Labute approximate surface area is 217 Å². The Balaban J connectivity index is 1.30. The van der Waals surface area contributed by atoms with Crippen LogP contribution in [0.2, 0.25) is 0 Å². The fraction of sp³-hybridized carbons (Fsp3) is 0.357. The Morgan fingerprint density at radius 3 is 2.46 bits per heavy atom. The number of hydrogen-bond acceptors (Lipinski definition) is 6. The maximum Gasteiger partial charge on any atom is 0.248 e. The summed E-state index contributed by atoms with van der Waals surface area (Å²) in [5, 5.41) is 3.93. The summed E-state index contributed by atoms with van der Waals surface area (Å²) in [6.45, 7) is 6.57. The number of hydrogen-bond donors (Lipinski definition) is 0. The van der Waals surface area contributed by atoms with Crippen molar-refractivity contribution in [1.82, 2.24) is 9.46 Å². The maximum atomic E-state index is 13.6. The molecule has 194 valence electrons. The summed E-state index contributed by atoms with van der Waals surface area (Å²) in [6, 6.07) is 15.4. The van der Waals surface area contributed by atoms with E-state index in [0.717, 1.165) is 16.8 Å². The van der Waals surface area contributed by atoms with E-state index in [1.165, 1.54) is 4.31 Å². The van der Waals surface area contributed by atoms with Crippen LogP contribution in [-0.4, -0.2) is 49.5 Å². The van der Waals surface area contributed by atoms with Gasteiger partial charge in [-0.25, -0.2) is 8.42 Å². The molecule has 1 amide bonds. The minimum absolute atomic E-state index is 0.0162. The zero-order valence-corrected chi connectivity index (χ0v) is 22.1. The smallest absolute Gasteiger partial charge is 0.248 e. The summed E-state index contributed by atoms with van der Waals surface area (Å²) in [5.74, 6) is 0.663. The number of ether oxygens (including phenoxy) is 1. The van der Waals surface area contributed by atoms with Crippen molar-refractivity contribution in [3.63, 3.8) is 0 Å². The van der Waals surface area contributed by atoms with E-state index in [4.69, 9.17) is 9.26 Å². The lowest BCUT2D eigenvalue weighted by Crippen LogP contribution is -2.48. The molecule has 1 unspecified atom stereocenters. The lowest BCUT2D eigenvalue weighted by molar-refractivity contribution is -0.124. The van der Waals surface area contributed by atoms with Crippen LogP contribution >= 0.6 is 0 Å². The number of fused-ring (bicyclic) bond motifs is 1. The number of rotatable bonds is 5. The average molecular weight is 522 g/mol. The number of sulfonamides is 1. The summed E-state index contributed by atoms with van der Waals surface area (Å²) in [4.78, 5) is 15.3. The summed E-state index contributed by atoms with van der Waals surface area (Å²) in [7, 11) is -3.84. The van der Waals surface area contributed by atoms with Gasteiger partial charge in [-0.15, -0.1) is 0 Å². The molecule has 3 aromatic rings. The SMILES string of the molecule is Cc1ccc(/C=C/c2onc(C)c2S(=O)(=O)N2CCC(C(=O)N3CC(C)Oc4ccccc43)CC2)cc1. The zero-order chi connectivity index (χ0) is 26.2. The van der Waals surface area contributed by atoms with Crippen LogP contribution in [-0.2, 0) is 14.8 Å². The van der Waals surface area contributed by atoms with E-state index in [-0.39, 0.29) is 41.7 Å². The van der Waals surface area contributed by atoms with Gasteiger partial charge in [-0.1, -0.05) is 53.2 Å². The van der Waals surface area contributed by atoms with Crippen molar-refractivity contribution in [2.75, 3.05) is 24.5 Å². The summed E-state index contributed by atoms with van der Waals surface area (Å²) >= 11 is 0. The van der Waals surface area contributed by atoms with Gasteiger partial charge < -0.3 is 14.2 Å². The Morgan fingerprint density at radius 1 is 1.03 bits per heavy atom. The third-order valence-electron chi connectivity index (χ3n) is 6.93. The van der Waals surface area contributed by atoms with Crippen molar-refractivity contribution in [1.29, 1.82) is 0 Å². The number of amides is 1. The standard InChI is InChI=1S/C28H31N3O5S/c1-19-8-10-22(11-9-19)12-13-26-27(21(3)29-36-26)37(33,34)30-16-14-23(15-17-30)28(32)31-18-20(2)35-25-7-5-4-6-24(25)31/h4-13,20,23H,14-18H2,1-3H3/b13-12+. The van der Waals surface area contributed by atoms with Crippen LogP contribution in [0.25, 0.3) is 12.2 Å². The molecule has 0 spiro atoms. The van der Waals surface area contributed by atoms with Gasteiger partial charge in [0.2, 0.25) is 15.9 Å². The van der Waals surface area contributed by atoms with E-state index >= 15 is 0 Å². The molecule has 8 nitrogen and oxygen atoms in total. The quantitative estimate of drug-likeness (QED) is 0.484. The van der Waals surface area contributed by atoms with Gasteiger partial charge in [0.15, 0.2) is 10.7 Å². The van der Waals surface area contributed by atoms with E-state index in [1.807, 2.05) is 68.5 Å². The molecular weight excluding hydrogens is 490 g/mol. The van der Waals surface area contributed by atoms with E-state index < -0.39 is 10.0 Å². The number of aromatic nitrogens is 1. The van der Waals surface area contributed by atoms with Crippen molar-refractivity contribution in [3.05, 3.63) is 71.1 Å². The first-order valence-corrected chi connectivity index (χ1v) is 14.0. The second-order valence-corrected chi connectivity index (χ2v) is 11.6. The molecule has 1 atom stereocenters. The largest absolute Gasteiger partial charge is 0.487 e. The molecule has 0 aliphatic carbocycles. The molecular formula is C28H31N3O5S. The zero-order valence-electron chi connectivity index (χ0n) is 21.3. The van der Waals surface area contributed by atoms with Crippen LogP contribution in [0.4, 0.5) is 5.69 Å². The van der Waals surface area contributed by atoms with Crippen molar-refractivity contribution in [3.8, 4) is 5.75 Å². The van der Waals surface area contributed by atoms with Gasteiger partial charge in [0.1, 0.15) is 17.5 Å². The highest BCUT2D eigenvalue weighted by atomic mass is 32.2. The van der Waals surface area contributed by atoms with Gasteiger partial charge in [-0.05, 0) is 57.4 Å². The van der Waals surface area contributed by atoms with Crippen LogP contribution in [0.15, 0.2) is 57.9 Å². The Hall–Kier alpha value is -3.43. The topological polar surface area (TPSA) is 93.0 Å². The number of piperidine rings is 1. The Bertz CT molecular complexity index is 1420. The molecule has 3 heterocycles. The van der Waals surface area contributed by atoms with Crippen LogP contribution in [0, 0.1) is 19.8 Å². The summed E-state index contributed by atoms with van der Waals surface area (Å²) in [6.07, 6.45) is 4.24. The normalized spacial score (nSPS) is 19.1. The molecule has 0 N–H and O–H groups in total. The van der Waals surface area contributed by atoms with Gasteiger partial charge in [-0.2, -0.15) is 4.31 Å². The molecule has 2 aliphatic rings. The number of anilines is 1. The fourth-order valence-electron chi connectivity index (χ4n) is 4.94. The van der Waals surface area contributed by atoms with Gasteiger partial charge >= 0.3 is 0 Å². The van der Waals surface area contributed by atoms with Gasteiger partial charge in [0, 0.05) is 19.0 Å². The molecule has 1 fully saturated rings. The first-order chi connectivity index (χ1) is 17.7. The molecule has 37 heavy (non-hydrogen) atoms. The van der Waals surface area contributed by atoms with Crippen molar-refractivity contribution < 1.29 is 22.5 Å². The third kappa shape index (κ3) is 5.06. The van der Waals surface area contributed by atoms with Crippen LogP contribution in [0.1, 0.15) is 42.3 Å². The number of para-hydroxylation sites is 2. The maximum absolute atomic E-state index is 13.6. The molecule has 2 aromatic carbocycles. The minimum atomic E-state index is -3.84. The molecule has 2 aliphatic heterocycles. The Kier molecular flexibility index (Phi) is 6.92. The number of nitrogens with zero attached hydrogens (tertiary/aromatic N) is 3. The van der Waals surface area contributed by atoms with E-state index in [2.05, 4.69) is 5.16 Å². The van der Waals surface area contributed by atoms with Gasteiger partial charge in [-0.3, -0.25) is 4.79 Å². The van der Waals surface area contributed by atoms with Crippen molar-refractivity contribution in [2.24, 2.45) is 5.92 Å². The van der Waals surface area contributed by atoms with Crippen LogP contribution in [0.5, 0.6) is 5.75 Å². The van der Waals surface area contributed by atoms with E-state index in [9.17, 15) is 13.2 Å². The van der Waals surface area contributed by atoms with Crippen molar-refractivity contribution in [2.45, 2.75) is 44.6 Å². The van der Waals surface area contributed by atoms with Gasteiger partial charge in [0.05, 0.1) is 12.2 Å². The highest BCUT2D eigenvalue weighted by Gasteiger charge is 2.38. The molecule has 0 saturated carbocycles. The predicted octanol–water partition coefficient (Wildman–Crippen LogP) is 4.68. The van der Waals surface area contributed by atoms with Crippen molar-refractivity contribution >= 4 is 33.8 Å². The molecule has 1 aromatic heterocycles. The first-order valence-electron chi connectivity index (χ1n) is 12.5. The lowest BCUT2D eigenvalue weighted by Gasteiger charge is -2.37. The second-order valence-electron chi connectivity index (χ2n) is 9.73. The van der Waals surface area contributed by atoms with Gasteiger partial charge in [0.25, 0.3) is 0 Å². The first kappa shape index (κ1) is 25.2. The molecule has 5 rings (SSSR count). The van der Waals surface area contributed by atoms with Crippen LogP contribution < -0.4 is 9.64 Å². The number of aryl methyl sites for hydroxylation is 2. The number of carbonyl (C=O) groups excluding carboxylic acids is 1. The van der Waals surface area contributed by atoms with E-state index in [1.54, 1.807) is 17.9 Å². The minimum Gasteiger partial charge on any atom is -0.487 e. The van der Waals surface area contributed by atoms with Crippen LogP contribution in [0.3, 0.4) is 0 Å². The van der Waals surface area contributed by atoms with E-state index in [0.29, 0.717) is 30.8 Å². The monoisotopic (exact) mass is 521 g/mol. The molecule has 9 heteroatoms. The molecule has 0 radical (unpaired) electrons. The fourth-order valence-corrected chi connectivity index (χ4v) is 6.66. The third-order valence-corrected chi connectivity index (χ3v) is 8.99. The lowest BCUT2D eigenvalue weighted by atomic mass is 9.95. The number of benzene rings is 2.